The maximum atomic E-state index is 14.3. The zero-order valence-corrected chi connectivity index (χ0v) is 29.0. The zero-order chi connectivity index (χ0) is 33.9. The number of carbonyl (C=O) groups excluding carboxylic acids is 2. The summed E-state index contributed by atoms with van der Waals surface area (Å²) in [4.78, 5) is 30.7. The van der Waals surface area contributed by atoms with E-state index in [9.17, 15) is 23.1 Å². The van der Waals surface area contributed by atoms with Gasteiger partial charge in [-0.05, 0) is 90.5 Å². The zero-order valence-electron chi connectivity index (χ0n) is 28.1. The number of hydrogen-bond donors (Lipinski definition) is 2. The van der Waals surface area contributed by atoms with Crippen molar-refractivity contribution in [2.24, 2.45) is 5.92 Å². The lowest BCUT2D eigenvalue weighted by Crippen LogP contribution is -2.48. The van der Waals surface area contributed by atoms with Gasteiger partial charge in [-0.1, -0.05) is 25.1 Å². The van der Waals surface area contributed by atoms with Crippen molar-refractivity contribution in [2.75, 3.05) is 59.3 Å². The van der Waals surface area contributed by atoms with Crippen LogP contribution in [-0.2, 0) is 19.6 Å². The number of fused-ring (bicyclic) bond motifs is 1. The van der Waals surface area contributed by atoms with Crippen LogP contribution in [-0.4, -0.2) is 112 Å². The maximum Gasteiger partial charge on any atom is 0.258 e. The van der Waals surface area contributed by atoms with Gasteiger partial charge in [0.15, 0.2) is 0 Å². The number of hydrogen-bond acceptors (Lipinski definition) is 8. The monoisotopic (exact) mass is 660 g/mol. The highest BCUT2D eigenvalue weighted by Gasteiger charge is 2.32. The molecule has 11 nitrogen and oxygen atoms in total. The molecule has 0 radical (unpaired) electrons. The molecule has 2 aromatic carbocycles. The Morgan fingerprint density at radius 1 is 1.11 bits per heavy atom. The van der Waals surface area contributed by atoms with Crippen molar-refractivity contribution in [3.05, 3.63) is 54.1 Å². The quantitative estimate of drug-likeness (QED) is 0.369. The number of likely N-dealkylation sites (N-methyl/N-ethyl adjacent to an activating group) is 1. The van der Waals surface area contributed by atoms with Crippen LogP contribution in [0.5, 0.6) is 5.75 Å². The van der Waals surface area contributed by atoms with Crippen molar-refractivity contribution >= 4 is 27.5 Å². The molecule has 12 heteroatoms. The maximum absolute atomic E-state index is 14.3. The summed E-state index contributed by atoms with van der Waals surface area (Å²) in [5.41, 5.74) is 0.765. The molecule has 0 saturated carbocycles. The first kappa shape index (κ1) is 37.4. The number of nitrogens with one attached hydrogen (secondary N) is 1. The summed E-state index contributed by atoms with van der Waals surface area (Å²) < 4.78 is 40.6. The Kier molecular flexibility index (Phi) is 14.5. The molecule has 0 aromatic heterocycles. The summed E-state index contributed by atoms with van der Waals surface area (Å²) in [6.45, 7) is 6.85. The standard InChI is InChI=1S/C34H52N4O7S/c1-25-22-38(26(2)24-39)34(41)30-21-28(35-33(40)16-12-19-36(4)5)17-18-31(30)45-27(3)13-10-11-20-44-32(25)23-37(6)46(42,43)29-14-8-7-9-15-29/h7-9,14-15,17-18,21,25-27,32,39H,10-13,16,19-20,22-24H2,1-6H3,(H,35,40)/t25-,26+,27+,32+/m1/s1. The second kappa shape index (κ2) is 17.8. The van der Waals surface area contributed by atoms with Gasteiger partial charge in [-0.3, -0.25) is 9.59 Å². The van der Waals surface area contributed by atoms with Crippen LogP contribution in [0.4, 0.5) is 5.69 Å². The van der Waals surface area contributed by atoms with Gasteiger partial charge in [0.1, 0.15) is 5.75 Å². The molecule has 0 spiro atoms. The predicted octanol–water partition coefficient (Wildman–Crippen LogP) is 4.08. The summed E-state index contributed by atoms with van der Waals surface area (Å²) in [7, 11) is 1.69. The molecule has 0 saturated heterocycles. The van der Waals surface area contributed by atoms with Crippen molar-refractivity contribution in [3.63, 3.8) is 0 Å². The Morgan fingerprint density at radius 2 is 1.83 bits per heavy atom. The lowest BCUT2D eigenvalue weighted by Gasteiger charge is -2.35. The summed E-state index contributed by atoms with van der Waals surface area (Å²) >= 11 is 0. The van der Waals surface area contributed by atoms with Crippen molar-refractivity contribution in [1.29, 1.82) is 0 Å². The topological polar surface area (TPSA) is 129 Å². The lowest BCUT2D eigenvalue weighted by molar-refractivity contribution is -0.116. The van der Waals surface area contributed by atoms with E-state index in [0.29, 0.717) is 30.9 Å². The van der Waals surface area contributed by atoms with Crippen LogP contribution in [0.2, 0.25) is 0 Å². The van der Waals surface area contributed by atoms with Crippen LogP contribution in [0.15, 0.2) is 53.4 Å². The molecule has 0 fully saturated rings. The molecule has 2 amide bonds. The van der Waals surface area contributed by atoms with Crippen molar-refractivity contribution in [3.8, 4) is 5.75 Å². The highest BCUT2D eigenvalue weighted by Crippen LogP contribution is 2.29. The normalized spacial score (nSPS) is 20.9. The molecule has 1 aliphatic heterocycles. The summed E-state index contributed by atoms with van der Waals surface area (Å²) in [5, 5.41) is 13.1. The van der Waals surface area contributed by atoms with Gasteiger partial charge >= 0.3 is 0 Å². The minimum absolute atomic E-state index is 0.0913. The van der Waals surface area contributed by atoms with Gasteiger partial charge in [0.25, 0.3) is 5.91 Å². The Hall–Kier alpha value is -3.03. The number of ether oxygens (including phenoxy) is 2. The Bertz CT molecular complexity index is 1370. The van der Waals surface area contributed by atoms with Gasteiger partial charge < -0.3 is 29.7 Å². The van der Waals surface area contributed by atoms with Crippen molar-refractivity contribution in [1.82, 2.24) is 14.1 Å². The average molecular weight is 661 g/mol. The summed E-state index contributed by atoms with van der Waals surface area (Å²) in [5.74, 6) is -0.393. The minimum Gasteiger partial charge on any atom is -0.490 e. The Morgan fingerprint density at radius 3 is 2.50 bits per heavy atom. The van der Waals surface area contributed by atoms with E-state index in [4.69, 9.17) is 9.47 Å². The molecule has 46 heavy (non-hydrogen) atoms. The first-order chi connectivity index (χ1) is 21.8. The predicted molar refractivity (Wildman–Crippen MR) is 180 cm³/mol. The lowest BCUT2D eigenvalue weighted by atomic mass is 10.0. The van der Waals surface area contributed by atoms with Crippen LogP contribution in [0, 0.1) is 5.92 Å². The van der Waals surface area contributed by atoms with E-state index >= 15 is 0 Å². The third kappa shape index (κ3) is 10.8. The van der Waals surface area contributed by atoms with Gasteiger partial charge in [-0.2, -0.15) is 4.31 Å². The highest BCUT2D eigenvalue weighted by molar-refractivity contribution is 7.89. The van der Waals surface area contributed by atoms with Crippen molar-refractivity contribution in [2.45, 2.75) is 76.0 Å². The SMILES string of the molecule is C[C@@H]1CN([C@@H](C)CO)C(=O)c2cc(NC(=O)CCCN(C)C)ccc2O[C@@H](C)CCCCO[C@H]1CN(C)S(=O)(=O)c1ccccc1. The molecule has 256 valence electrons. The third-order valence-electron chi connectivity index (χ3n) is 8.23. The summed E-state index contributed by atoms with van der Waals surface area (Å²) in [6.07, 6.45) is 2.63. The number of nitrogens with zero attached hydrogens (tertiary/aromatic N) is 3. The number of aliphatic hydroxyl groups excluding tert-OH is 1. The number of aliphatic hydroxyl groups is 1. The van der Waals surface area contributed by atoms with Gasteiger partial charge in [0.05, 0.1) is 35.3 Å². The first-order valence-corrected chi connectivity index (χ1v) is 17.6. The van der Waals surface area contributed by atoms with E-state index in [1.807, 2.05) is 32.8 Å². The van der Waals surface area contributed by atoms with E-state index in [1.54, 1.807) is 60.4 Å². The number of anilines is 1. The van der Waals surface area contributed by atoms with E-state index in [2.05, 4.69) is 5.32 Å². The van der Waals surface area contributed by atoms with E-state index in [0.717, 1.165) is 25.8 Å². The fraction of sp³-hybridized carbons (Fsp3) is 0.588. The molecular weight excluding hydrogens is 608 g/mol. The fourth-order valence-corrected chi connectivity index (χ4v) is 6.57. The van der Waals surface area contributed by atoms with Crippen LogP contribution in [0.3, 0.4) is 0 Å². The van der Waals surface area contributed by atoms with Crippen molar-refractivity contribution < 1.29 is 32.6 Å². The molecule has 3 rings (SSSR count). The molecule has 0 aliphatic carbocycles. The first-order valence-electron chi connectivity index (χ1n) is 16.1. The van der Waals surface area contributed by atoms with Crippen LogP contribution in [0.25, 0.3) is 0 Å². The number of benzene rings is 2. The smallest absolute Gasteiger partial charge is 0.258 e. The Labute approximate surface area is 274 Å². The van der Waals surface area contributed by atoms with Crippen LogP contribution >= 0.6 is 0 Å². The summed E-state index contributed by atoms with van der Waals surface area (Å²) in [6, 6.07) is 12.8. The molecule has 1 aliphatic rings. The molecule has 1 heterocycles. The van der Waals surface area contributed by atoms with E-state index < -0.39 is 22.2 Å². The number of amides is 2. The van der Waals surface area contributed by atoms with Gasteiger partial charge in [-0.15, -0.1) is 0 Å². The van der Waals surface area contributed by atoms with E-state index in [-0.39, 0.29) is 54.0 Å². The molecule has 0 unspecified atom stereocenters. The second-order valence-electron chi connectivity index (χ2n) is 12.6. The fourth-order valence-electron chi connectivity index (χ4n) is 5.37. The van der Waals surface area contributed by atoms with Crippen LogP contribution in [0.1, 0.15) is 63.2 Å². The molecule has 0 bridgehead atoms. The third-order valence-corrected chi connectivity index (χ3v) is 10.1. The van der Waals surface area contributed by atoms with E-state index in [1.165, 1.54) is 11.4 Å². The molecule has 2 N–H and O–H groups in total. The van der Waals surface area contributed by atoms with Gasteiger partial charge in [0, 0.05) is 44.8 Å². The van der Waals surface area contributed by atoms with Gasteiger partial charge in [-0.25, -0.2) is 8.42 Å². The minimum atomic E-state index is -3.76. The second-order valence-corrected chi connectivity index (χ2v) is 14.6. The number of rotatable bonds is 11. The van der Waals surface area contributed by atoms with Crippen LogP contribution < -0.4 is 10.1 Å². The Balaban J connectivity index is 1.92. The average Bonchev–Trinajstić information content (AvgIpc) is 3.02. The van der Waals surface area contributed by atoms with Gasteiger partial charge in [0.2, 0.25) is 15.9 Å². The molecule has 2 aromatic rings. The molecular formula is C34H52N4O7S. The number of carbonyl (C=O) groups is 2. The molecule has 4 atom stereocenters. The number of sulfonamides is 1. The largest absolute Gasteiger partial charge is 0.490 e. The highest BCUT2D eigenvalue weighted by atomic mass is 32.2.